The molecule has 0 aliphatic rings. The zero-order chi connectivity index (χ0) is 19.4. The highest BCUT2D eigenvalue weighted by Crippen LogP contribution is 2.30. The van der Waals surface area contributed by atoms with E-state index >= 15 is 0 Å². The van der Waals surface area contributed by atoms with Gasteiger partial charge in [-0.2, -0.15) is 4.98 Å². The fraction of sp³-hybridized carbons (Fsp3) is 0.273. The number of hydrogen-bond acceptors (Lipinski definition) is 5. The summed E-state index contributed by atoms with van der Waals surface area (Å²) in [7, 11) is 1.66. The Balaban J connectivity index is 1.93. The van der Waals surface area contributed by atoms with Gasteiger partial charge in [-0.3, -0.25) is 0 Å². The minimum atomic E-state index is 0.406. The number of nitrogens with zero attached hydrogens (tertiary/aromatic N) is 2. The van der Waals surface area contributed by atoms with Crippen molar-refractivity contribution in [2.45, 2.75) is 33.6 Å². The number of ether oxygens (including phenoxy) is 1. The second-order valence-corrected chi connectivity index (χ2v) is 6.86. The Hall–Kier alpha value is -3.08. The molecule has 2 N–H and O–H groups in total. The Morgan fingerprint density at radius 1 is 0.926 bits per heavy atom. The van der Waals surface area contributed by atoms with E-state index in [4.69, 9.17) is 4.74 Å². The number of anilines is 4. The van der Waals surface area contributed by atoms with E-state index in [0.717, 1.165) is 22.8 Å². The molecule has 0 saturated carbocycles. The molecule has 0 radical (unpaired) electrons. The number of nitrogens with one attached hydrogen (secondary N) is 2. The normalized spacial score (nSPS) is 10.7. The molecule has 5 heteroatoms. The molecule has 0 atom stereocenters. The van der Waals surface area contributed by atoms with Crippen LogP contribution in [0.4, 0.5) is 23.1 Å². The van der Waals surface area contributed by atoms with Gasteiger partial charge in [0.1, 0.15) is 11.6 Å². The fourth-order valence-corrected chi connectivity index (χ4v) is 3.03. The highest BCUT2D eigenvalue weighted by atomic mass is 16.5. The molecule has 1 heterocycles. The van der Waals surface area contributed by atoms with E-state index in [2.05, 4.69) is 59.6 Å². The Morgan fingerprint density at radius 3 is 2.44 bits per heavy atom. The predicted octanol–water partition coefficient (Wildman–Crippen LogP) is 5.71. The van der Waals surface area contributed by atoms with E-state index in [-0.39, 0.29) is 0 Å². The van der Waals surface area contributed by atoms with E-state index in [0.29, 0.717) is 17.7 Å². The maximum Gasteiger partial charge on any atom is 0.229 e. The van der Waals surface area contributed by atoms with Gasteiger partial charge in [0, 0.05) is 17.4 Å². The number of para-hydroxylation sites is 3. The minimum Gasteiger partial charge on any atom is -0.495 e. The van der Waals surface area contributed by atoms with Gasteiger partial charge in [-0.15, -0.1) is 0 Å². The van der Waals surface area contributed by atoms with Crippen LogP contribution in [0.1, 0.15) is 36.6 Å². The molecule has 0 aliphatic heterocycles. The Morgan fingerprint density at radius 2 is 1.70 bits per heavy atom. The van der Waals surface area contributed by atoms with Crippen LogP contribution in [-0.4, -0.2) is 17.1 Å². The molecule has 1 aromatic heterocycles. The molecule has 3 rings (SSSR count). The summed E-state index contributed by atoms with van der Waals surface area (Å²) < 4.78 is 5.41. The van der Waals surface area contributed by atoms with Crippen LogP contribution < -0.4 is 15.4 Å². The molecule has 0 fully saturated rings. The predicted molar refractivity (Wildman–Crippen MR) is 112 cm³/mol. The van der Waals surface area contributed by atoms with Crippen LogP contribution in [0.5, 0.6) is 5.75 Å². The van der Waals surface area contributed by atoms with Gasteiger partial charge in [0.15, 0.2) is 0 Å². The standard InChI is InChI=1S/C22H26N4O/c1-14(2)17-10-8-9-15(3)21(17)26-22-23-16(4)13-20(25-22)24-18-11-6-7-12-19(18)27-5/h6-14H,1-5H3,(H2,23,24,25,26). The summed E-state index contributed by atoms with van der Waals surface area (Å²) in [6.45, 7) is 8.43. The van der Waals surface area contributed by atoms with Gasteiger partial charge in [-0.1, -0.05) is 44.2 Å². The van der Waals surface area contributed by atoms with Crippen LogP contribution in [0.3, 0.4) is 0 Å². The van der Waals surface area contributed by atoms with Crippen molar-refractivity contribution in [2.24, 2.45) is 0 Å². The highest BCUT2D eigenvalue weighted by Gasteiger charge is 2.12. The quantitative estimate of drug-likeness (QED) is 0.588. The van der Waals surface area contributed by atoms with Crippen molar-refractivity contribution in [3.8, 4) is 5.75 Å². The number of hydrogen-bond donors (Lipinski definition) is 2. The number of rotatable bonds is 6. The molecule has 140 valence electrons. The smallest absolute Gasteiger partial charge is 0.229 e. The molecule has 2 aromatic carbocycles. The van der Waals surface area contributed by atoms with Crippen LogP contribution in [0, 0.1) is 13.8 Å². The average Bonchev–Trinajstić information content (AvgIpc) is 2.63. The molecular formula is C22H26N4O. The Bertz CT molecular complexity index is 937. The summed E-state index contributed by atoms with van der Waals surface area (Å²) in [5.41, 5.74) is 5.23. The van der Waals surface area contributed by atoms with Crippen molar-refractivity contribution in [1.29, 1.82) is 0 Å². The third-order valence-corrected chi connectivity index (χ3v) is 4.39. The fourth-order valence-electron chi connectivity index (χ4n) is 3.03. The van der Waals surface area contributed by atoms with Gasteiger partial charge in [0.25, 0.3) is 0 Å². The first kappa shape index (κ1) is 18.7. The molecule has 3 aromatic rings. The third kappa shape index (κ3) is 4.37. The largest absolute Gasteiger partial charge is 0.495 e. The molecule has 0 unspecified atom stereocenters. The molecule has 0 bridgehead atoms. The number of aromatic nitrogens is 2. The maximum atomic E-state index is 5.41. The van der Waals surface area contributed by atoms with Crippen LogP contribution in [-0.2, 0) is 0 Å². The lowest BCUT2D eigenvalue weighted by Crippen LogP contribution is -2.06. The van der Waals surface area contributed by atoms with Gasteiger partial charge in [0.05, 0.1) is 12.8 Å². The van der Waals surface area contributed by atoms with Crippen molar-refractivity contribution in [2.75, 3.05) is 17.7 Å². The van der Waals surface area contributed by atoms with Crippen LogP contribution in [0.2, 0.25) is 0 Å². The average molecular weight is 362 g/mol. The second-order valence-electron chi connectivity index (χ2n) is 6.86. The van der Waals surface area contributed by atoms with Gasteiger partial charge < -0.3 is 15.4 Å². The van der Waals surface area contributed by atoms with Crippen molar-refractivity contribution in [3.63, 3.8) is 0 Å². The summed E-state index contributed by atoms with van der Waals surface area (Å²) in [5, 5.41) is 6.75. The number of methoxy groups -OCH3 is 1. The molecule has 5 nitrogen and oxygen atoms in total. The lowest BCUT2D eigenvalue weighted by molar-refractivity contribution is 0.417. The van der Waals surface area contributed by atoms with Crippen molar-refractivity contribution in [1.82, 2.24) is 9.97 Å². The number of aryl methyl sites for hydroxylation is 2. The topological polar surface area (TPSA) is 59.1 Å². The van der Waals surface area contributed by atoms with Crippen molar-refractivity contribution >= 4 is 23.1 Å². The van der Waals surface area contributed by atoms with Crippen LogP contribution in [0.15, 0.2) is 48.5 Å². The zero-order valence-electron chi connectivity index (χ0n) is 16.5. The van der Waals surface area contributed by atoms with E-state index in [1.54, 1.807) is 7.11 Å². The van der Waals surface area contributed by atoms with Gasteiger partial charge in [0.2, 0.25) is 5.95 Å². The summed E-state index contributed by atoms with van der Waals surface area (Å²) >= 11 is 0. The lowest BCUT2D eigenvalue weighted by atomic mass is 9.98. The van der Waals surface area contributed by atoms with Gasteiger partial charge in [-0.25, -0.2) is 4.98 Å². The molecule has 0 amide bonds. The Kier molecular flexibility index (Phi) is 5.60. The second kappa shape index (κ2) is 8.08. The van der Waals surface area contributed by atoms with Gasteiger partial charge in [-0.05, 0) is 43.0 Å². The third-order valence-electron chi connectivity index (χ3n) is 4.39. The monoisotopic (exact) mass is 362 g/mol. The Labute approximate surface area is 160 Å². The van der Waals surface area contributed by atoms with E-state index < -0.39 is 0 Å². The van der Waals surface area contributed by atoms with E-state index in [9.17, 15) is 0 Å². The highest BCUT2D eigenvalue weighted by molar-refractivity contribution is 5.67. The summed E-state index contributed by atoms with van der Waals surface area (Å²) in [5.74, 6) is 2.46. The first-order chi connectivity index (χ1) is 13.0. The molecular weight excluding hydrogens is 336 g/mol. The maximum absolute atomic E-state index is 5.41. The summed E-state index contributed by atoms with van der Waals surface area (Å²) in [6.07, 6.45) is 0. The number of benzene rings is 2. The molecule has 0 spiro atoms. The summed E-state index contributed by atoms with van der Waals surface area (Å²) in [6, 6.07) is 16.0. The van der Waals surface area contributed by atoms with Gasteiger partial charge >= 0.3 is 0 Å². The first-order valence-corrected chi connectivity index (χ1v) is 9.10. The van der Waals surface area contributed by atoms with Crippen LogP contribution >= 0.6 is 0 Å². The van der Waals surface area contributed by atoms with Crippen LogP contribution in [0.25, 0.3) is 0 Å². The SMILES string of the molecule is COc1ccccc1Nc1cc(C)nc(Nc2c(C)cccc2C(C)C)n1. The lowest BCUT2D eigenvalue weighted by Gasteiger charge is -2.17. The molecule has 0 saturated heterocycles. The minimum absolute atomic E-state index is 0.406. The first-order valence-electron chi connectivity index (χ1n) is 9.10. The van der Waals surface area contributed by atoms with E-state index in [1.165, 1.54) is 11.1 Å². The van der Waals surface area contributed by atoms with E-state index in [1.807, 2.05) is 37.3 Å². The molecule has 27 heavy (non-hydrogen) atoms. The molecule has 0 aliphatic carbocycles. The zero-order valence-corrected chi connectivity index (χ0v) is 16.5. The summed E-state index contributed by atoms with van der Waals surface area (Å²) in [4.78, 5) is 9.21. The van der Waals surface area contributed by atoms with Crippen molar-refractivity contribution < 1.29 is 4.74 Å². The van der Waals surface area contributed by atoms with Crippen molar-refractivity contribution in [3.05, 3.63) is 65.4 Å².